The Kier molecular flexibility index (Phi) is 4.52. The summed E-state index contributed by atoms with van der Waals surface area (Å²) < 4.78 is 11.2. The van der Waals surface area contributed by atoms with E-state index in [0.717, 1.165) is 16.6 Å². The molecule has 0 unspecified atom stereocenters. The van der Waals surface area contributed by atoms with Crippen molar-refractivity contribution < 1.29 is 9.15 Å². The van der Waals surface area contributed by atoms with Gasteiger partial charge in [0.2, 0.25) is 5.95 Å². The van der Waals surface area contributed by atoms with E-state index in [9.17, 15) is 0 Å². The molecule has 4 rings (SSSR count). The second kappa shape index (κ2) is 7.44. The monoisotopic (exact) mass is 368 g/mol. The molecule has 0 fully saturated rings. The van der Waals surface area contributed by atoms with Gasteiger partial charge < -0.3 is 14.5 Å². The van der Waals surface area contributed by atoms with E-state index in [4.69, 9.17) is 19.7 Å². The zero-order valence-electron chi connectivity index (χ0n) is 14.5. The van der Waals surface area contributed by atoms with Crippen LogP contribution in [0.1, 0.15) is 11.1 Å². The molecule has 0 spiro atoms. The van der Waals surface area contributed by atoms with Gasteiger partial charge in [0, 0.05) is 22.7 Å². The van der Waals surface area contributed by atoms with Crippen LogP contribution < -0.4 is 10.1 Å². The first-order valence-electron chi connectivity index (χ1n) is 8.26. The molecule has 0 atom stereocenters. The van der Waals surface area contributed by atoms with Gasteiger partial charge in [0.05, 0.1) is 30.4 Å². The number of fused-ring (bicyclic) bond motifs is 1. The average molecular weight is 368 g/mol. The van der Waals surface area contributed by atoms with Gasteiger partial charge in [-0.3, -0.25) is 0 Å². The molecule has 0 aliphatic carbocycles. The quantitative estimate of drug-likeness (QED) is 0.559. The van der Waals surface area contributed by atoms with Crippen molar-refractivity contribution in [2.24, 2.45) is 0 Å². The first kappa shape index (κ1) is 17.0. The van der Waals surface area contributed by atoms with Crippen LogP contribution in [0.4, 0.5) is 11.6 Å². The Morgan fingerprint density at radius 1 is 1.07 bits per heavy atom. The summed E-state index contributed by atoms with van der Waals surface area (Å²) in [7, 11) is 0. The van der Waals surface area contributed by atoms with Crippen molar-refractivity contribution >= 4 is 22.6 Å². The molecule has 0 saturated heterocycles. The van der Waals surface area contributed by atoms with Crippen molar-refractivity contribution in [2.45, 2.75) is 6.42 Å². The SMILES string of the molecule is N#CCc1coc2cc(Oc3ncnc(Nc4ccc(C#N)cc4)n3)ccc12. The Bertz CT molecular complexity index is 1220. The summed E-state index contributed by atoms with van der Waals surface area (Å²) in [5.41, 5.74) is 2.75. The highest BCUT2D eigenvalue weighted by molar-refractivity contribution is 5.82. The molecule has 0 bridgehead atoms. The maximum Gasteiger partial charge on any atom is 0.326 e. The van der Waals surface area contributed by atoms with Gasteiger partial charge >= 0.3 is 6.01 Å². The van der Waals surface area contributed by atoms with E-state index in [2.05, 4.69) is 32.4 Å². The first-order valence-corrected chi connectivity index (χ1v) is 8.26. The zero-order valence-corrected chi connectivity index (χ0v) is 14.5. The van der Waals surface area contributed by atoms with Crippen LogP contribution in [0.25, 0.3) is 11.0 Å². The van der Waals surface area contributed by atoms with Gasteiger partial charge in [-0.15, -0.1) is 0 Å². The lowest BCUT2D eigenvalue weighted by atomic mass is 10.1. The summed E-state index contributed by atoms with van der Waals surface area (Å²) in [4.78, 5) is 12.3. The average Bonchev–Trinajstić information content (AvgIpc) is 3.11. The Morgan fingerprint density at radius 3 is 2.71 bits per heavy atom. The third kappa shape index (κ3) is 3.57. The van der Waals surface area contributed by atoms with E-state index < -0.39 is 0 Å². The number of furan rings is 1. The molecule has 0 saturated carbocycles. The van der Waals surface area contributed by atoms with Gasteiger partial charge in [-0.1, -0.05) is 0 Å². The summed E-state index contributed by atoms with van der Waals surface area (Å²) in [5, 5.41) is 21.6. The normalized spacial score (nSPS) is 10.2. The smallest absolute Gasteiger partial charge is 0.326 e. The number of hydrogen-bond donors (Lipinski definition) is 1. The van der Waals surface area contributed by atoms with Crippen LogP contribution in [0.5, 0.6) is 11.8 Å². The van der Waals surface area contributed by atoms with Gasteiger partial charge in [-0.05, 0) is 36.4 Å². The number of nitrogens with zero attached hydrogens (tertiary/aromatic N) is 5. The molecule has 8 nitrogen and oxygen atoms in total. The number of rotatable bonds is 5. The summed E-state index contributed by atoms with van der Waals surface area (Å²) in [5.74, 6) is 0.811. The van der Waals surface area contributed by atoms with Gasteiger partial charge in [0.1, 0.15) is 17.7 Å². The van der Waals surface area contributed by atoms with Crippen LogP contribution in [0.2, 0.25) is 0 Å². The molecule has 28 heavy (non-hydrogen) atoms. The van der Waals surface area contributed by atoms with E-state index in [0.29, 0.717) is 22.8 Å². The predicted molar refractivity (Wildman–Crippen MR) is 99.9 cm³/mol. The molecule has 2 heterocycles. The van der Waals surface area contributed by atoms with Crippen molar-refractivity contribution in [1.82, 2.24) is 15.0 Å². The molecule has 0 radical (unpaired) electrons. The fourth-order valence-corrected chi connectivity index (χ4v) is 2.60. The molecule has 2 aromatic carbocycles. The Labute approximate surface area is 159 Å². The number of hydrogen-bond acceptors (Lipinski definition) is 8. The van der Waals surface area contributed by atoms with Crippen molar-refractivity contribution in [2.75, 3.05) is 5.32 Å². The number of aromatic nitrogens is 3. The highest BCUT2D eigenvalue weighted by Crippen LogP contribution is 2.28. The van der Waals surface area contributed by atoms with Crippen LogP contribution in [0, 0.1) is 22.7 Å². The number of ether oxygens (including phenoxy) is 1. The van der Waals surface area contributed by atoms with Crippen LogP contribution in [0.3, 0.4) is 0 Å². The second-order valence-electron chi connectivity index (χ2n) is 5.76. The highest BCUT2D eigenvalue weighted by atomic mass is 16.5. The number of benzene rings is 2. The molecular weight excluding hydrogens is 356 g/mol. The van der Waals surface area contributed by atoms with Crippen LogP contribution >= 0.6 is 0 Å². The fraction of sp³-hybridized carbons (Fsp3) is 0.0500. The Morgan fingerprint density at radius 2 is 1.93 bits per heavy atom. The lowest BCUT2D eigenvalue weighted by molar-refractivity contribution is 0.440. The van der Waals surface area contributed by atoms with Crippen molar-refractivity contribution in [3.63, 3.8) is 0 Å². The molecule has 2 aromatic heterocycles. The third-order valence-electron chi connectivity index (χ3n) is 3.93. The predicted octanol–water partition coefficient (Wildman–Crippen LogP) is 4.09. The number of nitrogens with one attached hydrogen (secondary N) is 1. The van der Waals surface area contributed by atoms with Gasteiger partial charge in [0.25, 0.3) is 0 Å². The van der Waals surface area contributed by atoms with E-state index in [1.807, 2.05) is 6.07 Å². The van der Waals surface area contributed by atoms with Gasteiger partial charge in [-0.2, -0.15) is 20.5 Å². The van der Waals surface area contributed by atoms with Gasteiger partial charge in [0.15, 0.2) is 0 Å². The van der Waals surface area contributed by atoms with Crippen molar-refractivity contribution in [3.05, 3.63) is 66.2 Å². The van der Waals surface area contributed by atoms with Crippen LogP contribution in [-0.2, 0) is 6.42 Å². The molecule has 0 amide bonds. The summed E-state index contributed by atoms with van der Waals surface area (Å²) in [6.07, 6.45) is 3.19. The van der Waals surface area contributed by atoms with E-state index in [1.165, 1.54) is 6.33 Å². The molecule has 8 heteroatoms. The van der Waals surface area contributed by atoms with E-state index >= 15 is 0 Å². The van der Waals surface area contributed by atoms with Crippen molar-refractivity contribution in [3.8, 4) is 23.9 Å². The Hall–Kier alpha value is -4.43. The summed E-state index contributed by atoms with van der Waals surface area (Å²) in [6.45, 7) is 0. The molecule has 4 aromatic rings. The zero-order chi connectivity index (χ0) is 19.3. The fourth-order valence-electron chi connectivity index (χ4n) is 2.60. The van der Waals surface area contributed by atoms with Gasteiger partial charge in [-0.25, -0.2) is 4.98 Å². The standard InChI is InChI=1S/C20H12N6O2/c21-8-7-14-11-27-18-9-16(5-6-17(14)18)28-20-24-12-23-19(26-20)25-15-3-1-13(10-22)2-4-15/h1-6,9,11-12H,7H2,(H,23,24,25,26). The Balaban J connectivity index is 1.52. The highest BCUT2D eigenvalue weighted by Gasteiger charge is 2.09. The molecule has 1 N–H and O–H groups in total. The third-order valence-corrected chi connectivity index (χ3v) is 3.93. The van der Waals surface area contributed by atoms with Crippen molar-refractivity contribution in [1.29, 1.82) is 10.5 Å². The van der Waals surface area contributed by atoms with Crippen LogP contribution in [0.15, 0.2) is 59.5 Å². The molecular formula is C20H12N6O2. The van der Waals surface area contributed by atoms with E-state index in [-0.39, 0.29) is 12.4 Å². The lowest BCUT2D eigenvalue weighted by Crippen LogP contribution is -2.00. The second-order valence-corrected chi connectivity index (χ2v) is 5.76. The minimum atomic E-state index is 0.120. The number of nitriles is 2. The lowest BCUT2D eigenvalue weighted by Gasteiger charge is -2.07. The van der Waals surface area contributed by atoms with Crippen LogP contribution in [-0.4, -0.2) is 15.0 Å². The molecule has 0 aliphatic rings. The maximum absolute atomic E-state index is 8.85. The minimum Gasteiger partial charge on any atom is -0.464 e. The summed E-state index contributed by atoms with van der Waals surface area (Å²) in [6, 6.07) is 16.5. The topological polar surface area (TPSA) is 121 Å². The first-order chi connectivity index (χ1) is 13.7. The molecule has 134 valence electrons. The summed E-state index contributed by atoms with van der Waals surface area (Å²) >= 11 is 0. The van der Waals surface area contributed by atoms with E-state index in [1.54, 1.807) is 42.7 Å². The maximum atomic E-state index is 8.85. The largest absolute Gasteiger partial charge is 0.464 e. The molecule has 0 aliphatic heterocycles. The minimum absolute atomic E-state index is 0.120. The number of anilines is 2.